The van der Waals surface area contributed by atoms with Gasteiger partial charge in [0.1, 0.15) is 5.60 Å². The summed E-state index contributed by atoms with van der Waals surface area (Å²) < 4.78 is 5.19. The number of carbonyl (C=O) groups excluding carboxylic acids is 1. The number of fused-ring (bicyclic) bond motifs is 1. The van der Waals surface area contributed by atoms with Crippen LogP contribution in [-0.2, 0) is 11.3 Å². The molecule has 0 fully saturated rings. The predicted octanol–water partition coefficient (Wildman–Crippen LogP) is 3.56. The molecule has 0 spiro atoms. The Bertz CT molecular complexity index is 716. The zero-order valence-corrected chi connectivity index (χ0v) is 12.8. The first-order chi connectivity index (χ1) is 10.3. The summed E-state index contributed by atoms with van der Waals surface area (Å²) in [7, 11) is 0. The number of hydrogen-bond acceptors (Lipinski definition) is 3. The monoisotopic (exact) mass is 301 g/mol. The quantitative estimate of drug-likeness (QED) is 0.908. The fourth-order valence-electron chi connectivity index (χ4n) is 2.12. The van der Waals surface area contributed by atoms with E-state index in [1.165, 1.54) is 0 Å². The van der Waals surface area contributed by atoms with Crippen molar-refractivity contribution in [3.05, 3.63) is 47.5 Å². The summed E-state index contributed by atoms with van der Waals surface area (Å²) in [5.74, 6) is -0.959. The van der Waals surface area contributed by atoms with E-state index in [1.54, 1.807) is 39.0 Å². The molecule has 0 bridgehead atoms. The van der Waals surface area contributed by atoms with Gasteiger partial charge in [0.2, 0.25) is 0 Å². The Hall–Kier alpha value is -2.56. The molecule has 1 amide bonds. The van der Waals surface area contributed by atoms with Crippen LogP contribution in [-0.4, -0.2) is 22.8 Å². The summed E-state index contributed by atoms with van der Waals surface area (Å²) in [5, 5.41) is 13.5. The minimum atomic E-state index is -0.959. The third-order valence-corrected chi connectivity index (χ3v) is 3.04. The highest BCUT2D eigenvalue weighted by Crippen LogP contribution is 2.20. The van der Waals surface area contributed by atoms with Crippen molar-refractivity contribution in [3.63, 3.8) is 0 Å². The second-order valence-electron chi connectivity index (χ2n) is 6.01. The van der Waals surface area contributed by atoms with Gasteiger partial charge >= 0.3 is 12.1 Å². The Balaban J connectivity index is 2.18. The van der Waals surface area contributed by atoms with E-state index in [9.17, 15) is 9.59 Å². The first kappa shape index (κ1) is 15.8. The molecule has 5 heteroatoms. The lowest BCUT2D eigenvalue weighted by Gasteiger charge is -2.19. The second kappa shape index (κ2) is 6.05. The highest BCUT2D eigenvalue weighted by molar-refractivity contribution is 5.95. The van der Waals surface area contributed by atoms with Gasteiger partial charge in [-0.1, -0.05) is 24.3 Å². The third-order valence-electron chi connectivity index (χ3n) is 3.04. The molecule has 0 aliphatic carbocycles. The molecular weight excluding hydrogens is 282 g/mol. The van der Waals surface area contributed by atoms with Crippen molar-refractivity contribution in [2.24, 2.45) is 0 Å². The van der Waals surface area contributed by atoms with E-state index in [-0.39, 0.29) is 5.56 Å². The van der Waals surface area contributed by atoms with Gasteiger partial charge in [-0.05, 0) is 49.2 Å². The lowest BCUT2D eigenvalue weighted by atomic mass is 10.0. The fourth-order valence-corrected chi connectivity index (χ4v) is 2.12. The van der Waals surface area contributed by atoms with Gasteiger partial charge in [0.25, 0.3) is 0 Å². The minimum Gasteiger partial charge on any atom is -0.478 e. The van der Waals surface area contributed by atoms with Crippen LogP contribution in [0.3, 0.4) is 0 Å². The normalized spacial score (nSPS) is 11.2. The average molecular weight is 301 g/mol. The molecule has 0 saturated carbocycles. The number of carboxylic acid groups (broad SMARTS) is 1. The van der Waals surface area contributed by atoms with E-state index in [2.05, 4.69) is 5.32 Å². The van der Waals surface area contributed by atoms with Gasteiger partial charge in [-0.25, -0.2) is 9.59 Å². The molecule has 2 rings (SSSR count). The molecule has 0 saturated heterocycles. The first-order valence-electron chi connectivity index (χ1n) is 6.98. The molecule has 0 radical (unpaired) electrons. The predicted molar refractivity (Wildman–Crippen MR) is 84.0 cm³/mol. The van der Waals surface area contributed by atoms with Crippen molar-refractivity contribution in [1.29, 1.82) is 0 Å². The van der Waals surface area contributed by atoms with Crippen molar-refractivity contribution in [3.8, 4) is 0 Å². The number of aromatic carboxylic acids is 1. The second-order valence-corrected chi connectivity index (χ2v) is 6.01. The third kappa shape index (κ3) is 3.97. The Morgan fingerprint density at radius 2 is 1.91 bits per heavy atom. The molecule has 0 atom stereocenters. The molecule has 116 valence electrons. The summed E-state index contributed by atoms with van der Waals surface area (Å²) in [6, 6.07) is 10.5. The van der Waals surface area contributed by atoms with Crippen molar-refractivity contribution in [1.82, 2.24) is 5.32 Å². The van der Waals surface area contributed by atoms with Gasteiger partial charge in [-0.3, -0.25) is 0 Å². The van der Waals surface area contributed by atoms with Crippen LogP contribution < -0.4 is 5.32 Å². The molecule has 0 aliphatic rings. The Morgan fingerprint density at radius 1 is 1.18 bits per heavy atom. The SMILES string of the molecule is CC(C)(C)OC(=O)NCc1cccc2cc(C(=O)O)ccc12. The molecule has 22 heavy (non-hydrogen) atoms. The molecule has 2 N–H and O–H groups in total. The number of alkyl carbamates (subject to hydrolysis) is 1. The maximum atomic E-state index is 11.7. The summed E-state index contributed by atoms with van der Waals surface area (Å²) in [6.45, 7) is 5.73. The van der Waals surface area contributed by atoms with Gasteiger partial charge in [0, 0.05) is 6.54 Å². The number of benzene rings is 2. The zero-order valence-electron chi connectivity index (χ0n) is 12.8. The van der Waals surface area contributed by atoms with E-state index >= 15 is 0 Å². The van der Waals surface area contributed by atoms with Crippen LogP contribution in [0.2, 0.25) is 0 Å². The molecule has 5 nitrogen and oxygen atoms in total. The Morgan fingerprint density at radius 3 is 2.55 bits per heavy atom. The maximum Gasteiger partial charge on any atom is 0.407 e. The van der Waals surface area contributed by atoms with Gasteiger partial charge in [-0.2, -0.15) is 0 Å². The summed E-state index contributed by atoms with van der Waals surface area (Å²) >= 11 is 0. The van der Waals surface area contributed by atoms with Crippen molar-refractivity contribution in [2.45, 2.75) is 32.9 Å². The minimum absolute atomic E-state index is 0.241. The van der Waals surface area contributed by atoms with E-state index in [4.69, 9.17) is 9.84 Å². The highest BCUT2D eigenvalue weighted by Gasteiger charge is 2.16. The number of carboxylic acids is 1. The fraction of sp³-hybridized carbons (Fsp3) is 0.294. The van der Waals surface area contributed by atoms with E-state index < -0.39 is 17.7 Å². The van der Waals surface area contributed by atoms with Crippen molar-refractivity contribution < 1.29 is 19.4 Å². The number of carbonyl (C=O) groups is 2. The summed E-state index contributed by atoms with van der Waals surface area (Å²) in [4.78, 5) is 22.7. The van der Waals surface area contributed by atoms with E-state index in [0.717, 1.165) is 16.3 Å². The van der Waals surface area contributed by atoms with E-state index in [1.807, 2.05) is 18.2 Å². The standard InChI is InChI=1S/C17H19NO4/c1-17(2,3)22-16(21)18-10-13-6-4-5-11-9-12(15(19)20)7-8-14(11)13/h4-9H,10H2,1-3H3,(H,18,21)(H,19,20). The van der Waals surface area contributed by atoms with Crippen LogP contribution in [0, 0.1) is 0 Å². The molecule has 2 aromatic carbocycles. The summed E-state index contributed by atoms with van der Waals surface area (Å²) in [5.41, 5.74) is 0.601. The van der Waals surface area contributed by atoms with Gasteiger partial charge < -0.3 is 15.2 Å². The number of amides is 1. The van der Waals surface area contributed by atoms with Crippen LogP contribution in [0.1, 0.15) is 36.7 Å². The Labute approximate surface area is 128 Å². The molecule has 0 heterocycles. The Kier molecular flexibility index (Phi) is 4.35. The number of nitrogens with one attached hydrogen (secondary N) is 1. The smallest absolute Gasteiger partial charge is 0.407 e. The van der Waals surface area contributed by atoms with Crippen LogP contribution in [0.5, 0.6) is 0 Å². The number of ether oxygens (including phenoxy) is 1. The van der Waals surface area contributed by atoms with Crippen LogP contribution in [0.25, 0.3) is 10.8 Å². The highest BCUT2D eigenvalue weighted by atomic mass is 16.6. The maximum absolute atomic E-state index is 11.7. The van der Waals surface area contributed by atoms with Crippen molar-refractivity contribution >= 4 is 22.8 Å². The topological polar surface area (TPSA) is 75.6 Å². The average Bonchev–Trinajstić information content (AvgIpc) is 2.42. The van der Waals surface area contributed by atoms with Crippen LogP contribution in [0.4, 0.5) is 4.79 Å². The first-order valence-corrected chi connectivity index (χ1v) is 6.98. The zero-order chi connectivity index (χ0) is 16.3. The largest absolute Gasteiger partial charge is 0.478 e. The molecule has 0 unspecified atom stereocenters. The molecule has 2 aromatic rings. The number of hydrogen-bond donors (Lipinski definition) is 2. The lowest BCUT2D eigenvalue weighted by Crippen LogP contribution is -2.32. The van der Waals surface area contributed by atoms with E-state index in [0.29, 0.717) is 6.54 Å². The van der Waals surface area contributed by atoms with Crippen molar-refractivity contribution in [2.75, 3.05) is 0 Å². The summed E-state index contributed by atoms with van der Waals surface area (Å²) in [6.07, 6.45) is -0.480. The lowest BCUT2D eigenvalue weighted by molar-refractivity contribution is 0.0523. The van der Waals surface area contributed by atoms with Crippen LogP contribution in [0.15, 0.2) is 36.4 Å². The molecular formula is C17H19NO4. The van der Waals surface area contributed by atoms with Crippen LogP contribution >= 0.6 is 0 Å². The number of rotatable bonds is 3. The molecule has 0 aliphatic heterocycles. The van der Waals surface area contributed by atoms with Gasteiger partial charge in [-0.15, -0.1) is 0 Å². The van der Waals surface area contributed by atoms with Gasteiger partial charge in [0.05, 0.1) is 5.56 Å². The van der Waals surface area contributed by atoms with Gasteiger partial charge in [0.15, 0.2) is 0 Å². The molecule has 0 aromatic heterocycles.